The molecular weight excluding hydrogens is 473 g/mol. The molecule has 1 aliphatic rings. The van der Waals surface area contributed by atoms with Gasteiger partial charge < -0.3 is 15.0 Å². The fourth-order valence-corrected chi connectivity index (χ4v) is 4.34. The lowest BCUT2D eigenvalue weighted by Crippen LogP contribution is -2.36. The van der Waals surface area contributed by atoms with Gasteiger partial charge in [0.15, 0.2) is 11.5 Å². The van der Waals surface area contributed by atoms with Crippen LogP contribution in [0.15, 0.2) is 60.9 Å². The molecule has 4 aromatic heterocycles. The van der Waals surface area contributed by atoms with Crippen LogP contribution in [-0.4, -0.2) is 56.2 Å². The number of rotatable bonds is 4. The number of hydrogen-bond donors (Lipinski definition) is 1. The van der Waals surface area contributed by atoms with Gasteiger partial charge in [-0.3, -0.25) is 9.20 Å². The first-order valence-electron chi connectivity index (χ1n) is 12.3. The summed E-state index contributed by atoms with van der Waals surface area (Å²) >= 11 is 0. The average Bonchev–Trinajstić information content (AvgIpc) is 3.50. The van der Waals surface area contributed by atoms with Crippen LogP contribution < -0.4 is 10.2 Å². The molecule has 5 heterocycles. The number of nitrogens with one attached hydrogen (secondary N) is 1. The van der Waals surface area contributed by atoms with E-state index in [0.29, 0.717) is 36.1 Å². The van der Waals surface area contributed by atoms with Crippen LogP contribution in [0.1, 0.15) is 20.8 Å². The number of carbonyl (C=O) groups is 1. The number of hydrogen-bond acceptors (Lipinski definition) is 6. The highest BCUT2D eigenvalue weighted by Gasteiger charge is 2.20. The van der Waals surface area contributed by atoms with Gasteiger partial charge in [0.1, 0.15) is 22.9 Å². The first kappa shape index (κ1) is 24.4. The van der Waals surface area contributed by atoms with Crippen LogP contribution in [0.2, 0.25) is 0 Å². The highest BCUT2D eigenvalue weighted by molar-refractivity contribution is 5.88. The minimum absolute atomic E-state index is 0.204. The lowest BCUT2D eigenvalue weighted by atomic mass is 10.1. The number of fused-ring (bicyclic) bond motifs is 2. The molecule has 9 nitrogen and oxygen atoms in total. The summed E-state index contributed by atoms with van der Waals surface area (Å²) in [6.07, 6.45) is 3.72. The highest BCUT2D eigenvalue weighted by atomic mass is 19.1. The fraction of sp³-hybridized carbons (Fsp3) is 0.259. The quantitative estimate of drug-likeness (QED) is 0.385. The molecule has 6 rings (SSSR count). The lowest BCUT2D eigenvalue weighted by molar-refractivity contribution is -0.114. The molecule has 0 unspecified atom stereocenters. The summed E-state index contributed by atoms with van der Waals surface area (Å²) in [5.41, 5.74) is 5.32. The number of morpholine rings is 1. The number of pyridine rings is 1. The number of aromatic nitrogens is 5. The van der Waals surface area contributed by atoms with Gasteiger partial charge in [-0.25, -0.2) is 18.9 Å². The molecule has 1 saturated heterocycles. The summed E-state index contributed by atoms with van der Waals surface area (Å²) in [6.45, 7) is 8.43. The van der Waals surface area contributed by atoms with Gasteiger partial charge in [-0.05, 0) is 48.5 Å². The van der Waals surface area contributed by atoms with Crippen molar-refractivity contribution in [3.8, 4) is 22.6 Å². The number of nitrogens with zero attached hydrogens (tertiary/aromatic N) is 6. The van der Waals surface area contributed by atoms with Gasteiger partial charge in [-0.15, -0.1) is 0 Å². The van der Waals surface area contributed by atoms with Crippen molar-refractivity contribution in [2.45, 2.75) is 20.8 Å². The number of imidazole rings is 2. The van der Waals surface area contributed by atoms with Gasteiger partial charge in [0, 0.05) is 31.8 Å². The van der Waals surface area contributed by atoms with Crippen molar-refractivity contribution in [1.82, 2.24) is 24.0 Å². The van der Waals surface area contributed by atoms with E-state index in [4.69, 9.17) is 14.8 Å². The topological polar surface area (TPSA) is 89.1 Å². The summed E-state index contributed by atoms with van der Waals surface area (Å²) in [7, 11) is 0. The molecule has 0 radical (unpaired) electrons. The van der Waals surface area contributed by atoms with Gasteiger partial charge in [0.2, 0.25) is 5.91 Å². The first-order valence-corrected chi connectivity index (χ1v) is 12.3. The zero-order valence-corrected chi connectivity index (χ0v) is 21.0. The Labute approximate surface area is 213 Å². The van der Waals surface area contributed by atoms with Gasteiger partial charge in [-0.2, -0.15) is 5.10 Å². The third-order valence-electron chi connectivity index (χ3n) is 5.96. The summed E-state index contributed by atoms with van der Waals surface area (Å²) in [5, 5.41) is 7.46. The van der Waals surface area contributed by atoms with Crippen molar-refractivity contribution < 1.29 is 13.9 Å². The van der Waals surface area contributed by atoms with Crippen molar-refractivity contribution >= 4 is 28.7 Å². The van der Waals surface area contributed by atoms with Crippen molar-refractivity contribution in [1.29, 1.82) is 0 Å². The second-order valence-corrected chi connectivity index (χ2v) is 8.36. The summed E-state index contributed by atoms with van der Waals surface area (Å²) in [6, 6.07) is 14.0. The van der Waals surface area contributed by atoms with E-state index in [1.807, 2.05) is 36.4 Å². The Morgan fingerprint density at radius 2 is 1.68 bits per heavy atom. The van der Waals surface area contributed by atoms with E-state index in [-0.39, 0.29) is 11.7 Å². The second-order valence-electron chi connectivity index (χ2n) is 8.36. The minimum atomic E-state index is -0.308. The Balaban J connectivity index is 0.00000137. The number of amides is 1. The molecule has 190 valence electrons. The number of benzene rings is 1. The SMILES string of the molecule is CC.CC(=O)Nc1cn2nc(-c3c(-c4ccc(F)cc4)nc4ccc(N5CCOCC5)cn34)ccc2n1. The van der Waals surface area contributed by atoms with Crippen molar-refractivity contribution in [3.05, 3.63) is 66.7 Å². The Bertz CT molecular complexity index is 1550. The molecule has 0 saturated carbocycles. The maximum absolute atomic E-state index is 13.7. The normalized spacial score (nSPS) is 13.5. The Morgan fingerprint density at radius 3 is 2.41 bits per heavy atom. The monoisotopic (exact) mass is 501 g/mol. The van der Waals surface area contributed by atoms with Crippen molar-refractivity contribution in [2.24, 2.45) is 0 Å². The molecular formula is C27H28FN7O2. The predicted molar refractivity (Wildman–Crippen MR) is 141 cm³/mol. The Kier molecular flexibility index (Phi) is 6.82. The van der Waals surface area contributed by atoms with Crippen molar-refractivity contribution in [2.75, 3.05) is 36.5 Å². The number of carbonyl (C=O) groups excluding carboxylic acids is 1. The summed E-state index contributed by atoms with van der Waals surface area (Å²) in [4.78, 5) is 23.0. The van der Waals surface area contributed by atoms with E-state index in [9.17, 15) is 9.18 Å². The molecule has 1 amide bonds. The highest BCUT2D eigenvalue weighted by Crippen LogP contribution is 2.33. The third kappa shape index (κ3) is 4.88. The molecule has 0 bridgehead atoms. The van der Waals surface area contributed by atoms with Crippen LogP contribution in [0, 0.1) is 5.82 Å². The molecule has 0 aliphatic carbocycles. The maximum atomic E-state index is 13.7. The van der Waals surface area contributed by atoms with Crippen LogP contribution in [0.25, 0.3) is 33.9 Å². The van der Waals surface area contributed by atoms with Crippen LogP contribution >= 0.6 is 0 Å². The minimum Gasteiger partial charge on any atom is -0.378 e. The van der Waals surface area contributed by atoms with E-state index in [0.717, 1.165) is 35.7 Å². The number of anilines is 2. The molecule has 0 atom stereocenters. The molecule has 37 heavy (non-hydrogen) atoms. The third-order valence-corrected chi connectivity index (χ3v) is 5.96. The smallest absolute Gasteiger partial charge is 0.222 e. The van der Waals surface area contributed by atoms with Gasteiger partial charge in [-0.1, -0.05) is 13.8 Å². The van der Waals surface area contributed by atoms with Gasteiger partial charge in [0.25, 0.3) is 0 Å². The average molecular weight is 502 g/mol. The summed E-state index contributed by atoms with van der Waals surface area (Å²) < 4.78 is 22.8. The number of halogens is 1. The molecule has 0 spiro atoms. The van der Waals surface area contributed by atoms with Crippen LogP contribution in [-0.2, 0) is 9.53 Å². The fourth-order valence-electron chi connectivity index (χ4n) is 4.34. The van der Waals surface area contributed by atoms with E-state index < -0.39 is 0 Å². The molecule has 5 aromatic rings. The van der Waals surface area contributed by atoms with Gasteiger partial charge in [0.05, 0.1) is 30.8 Å². The number of ether oxygens (including phenoxy) is 1. The van der Waals surface area contributed by atoms with E-state index in [2.05, 4.69) is 27.5 Å². The maximum Gasteiger partial charge on any atom is 0.222 e. The van der Waals surface area contributed by atoms with E-state index >= 15 is 0 Å². The van der Waals surface area contributed by atoms with Crippen LogP contribution in [0.5, 0.6) is 0 Å². The predicted octanol–water partition coefficient (Wildman–Crippen LogP) is 4.67. The van der Waals surface area contributed by atoms with E-state index in [1.165, 1.54) is 19.1 Å². The largest absolute Gasteiger partial charge is 0.378 e. The molecule has 1 aromatic carbocycles. The molecule has 1 fully saturated rings. The first-order chi connectivity index (χ1) is 18.0. The second kappa shape index (κ2) is 10.4. The lowest BCUT2D eigenvalue weighted by Gasteiger charge is -2.28. The Hall–Kier alpha value is -4.31. The van der Waals surface area contributed by atoms with Gasteiger partial charge >= 0.3 is 0 Å². The molecule has 1 N–H and O–H groups in total. The van der Waals surface area contributed by atoms with Crippen LogP contribution in [0.3, 0.4) is 0 Å². The van der Waals surface area contributed by atoms with E-state index in [1.54, 1.807) is 22.8 Å². The molecule has 10 heteroatoms. The Morgan fingerprint density at radius 1 is 0.946 bits per heavy atom. The van der Waals surface area contributed by atoms with Crippen LogP contribution in [0.4, 0.5) is 15.9 Å². The summed E-state index contributed by atoms with van der Waals surface area (Å²) in [5.74, 6) is -0.0876. The molecule has 1 aliphatic heterocycles. The standard InChI is InChI=1S/C25H22FN7O2.C2H6/c1-16(34)27-21-15-33-23(28-21)9-7-20(30-33)25-24(17-2-4-18(26)5-3-17)29-22-8-6-19(14-32(22)25)31-10-12-35-13-11-31;1-2/h2-9,14-15H,10-13H2,1H3,(H,27,34);1-2H3. The zero-order valence-electron chi connectivity index (χ0n) is 21.0. The zero-order chi connectivity index (χ0) is 25.9. The van der Waals surface area contributed by atoms with Crippen molar-refractivity contribution in [3.63, 3.8) is 0 Å².